The van der Waals surface area contributed by atoms with E-state index in [4.69, 9.17) is 5.11 Å². The number of nitrogens with zero attached hydrogens (tertiary/aromatic N) is 1. The number of hydrogen-bond donors (Lipinski definition) is 1. The SMILES string of the molecule is CCC(=O)N(CC(=O)OC)c1ccc(O)cc1. The van der Waals surface area contributed by atoms with Gasteiger partial charge in [0.2, 0.25) is 5.91 Å². The second kappa shape index (κ2) is 5.89. The Morgan fingerprint density at radius 3 is 2.35 bits per heavy atom. The fourth-order valence-electron chi connectivity index (χ4n) is 1.34. The highest BCUT2D eigenvalue weighted by Crippen LogP contribution is 2.19. The summed E-state index contributed by atoms with van der Waals surface area (Å²) in [5.74, 6) is -0.559. The van der Waals surface area contributed by atoms with Crippen LogP contribution < -0.4 is 4.90 Å². The lowest BCUT2D eigenvalue weighted by Crippen LogP contribution is -2.35. The molecule has 0 spiro atoms. The van der Waals surface area contributed by atoms with Crippen molar-refractivity contribution in [3.8, 4) is 5.75 Å². The van der Waals surface area contributed by atoms with Crippen LogP contribution in [0.25, 0.3) is 0 Å². The number of phenolic OH excluding ortho intramolecular Hbond substituents is 1. The lowest BCUT2D eigenvalue weighted by molar-refractivity contribution is -0.140. The lowest BCUT2D eigenvalue weighted by atomic mass is 10.2. The number of rotatable bonds is 4. The van der Waals surface area contributed by atoms with Crippen LogP contribution in [-0.4, -0.2) is 30.6 Å². The first kappa shape index (κ1) is 13.0. The molecule has 5 heteroatoms. The molecule has 0 saturated carbocycles. The third kappa shape index (κ3) is 3.48. The minimum atomic E-state index is -0.486. The van der Waals surface area contributed by atoms with Crippen molar-refractivity contribution >= 4 is 17.6 Å². The van der Waals surface area contributed by atoms with E-state index in [1.54, 1.807) is 19.1 Å². The van der Waals surface area contributed by atoms with Crippen molar-refractivity contribution in [1.82, 2.24) is 0 Å². The zero-order chi connectivity index (χ0) is 12.8. The number of hydrogen-bond acceptors (Lipinski definition) is 4. The molecule has 0 heterocycles. The van der Waals surface area contributed by atoms with Gasteiger partial charge >= 0.3 is 5.97 Å². The average molecular weight is 237 g/mol. The lowest BCUT2D eigenvalue weighted by Gasteiger charge is -2.20. The highest BCUT2D eigenvalue weighted by atomic mass is 16.5. The molecule has 5 nitrogen and oxygen atoms in total. The van der Waals surface area contributed by atoms with Gasteiger partial charge in [-0.05, 0) is 24.3 Å². The molecule has 17 heavy (non-hydrogen) atoms. The molecular weight excluding hydrogens is 222 g/mol. The first-order valence-electron chi connectivity index (χ1n) is 5.24. The topological polar surface area (TPSA) is 66.8 Å². The van der Waals surface area contributed by atoms with Crippen molar-refractivity contribution in [2.24, 2.45) is 0 Å². The predicted molar refractivity (Wildman–Crippen MR) is 62.8 cm³/mol. The molecule has 0 aliphatic carbocycles. The van der Waals surface area contributed by atoms with Gasteiger partial charge in [0, 0.05) is 12.1 Å². The number of aromatic hydroxyl groups is 1. The van der Waals surface area contributed by atoms with Crippen molar-refractivity contribution in [3.63, 3.8) is 0 Å². The molecule has 0 unspecified atom stereocenters. The number of esters is 1. The smallest absolute Gasteiger partial charge is 0.325 e. The van der Waals surface area contributed by atoms with Crippen LogP contribution in [0.15, 0.2) is 24.3 Å². The van der Waals surface area contributed by atoms with Crippen molar-refractivity contribution in [2.75, 3.05) is 18.6 Å². The van der Waals surface area contributed by atoms with Crippen molar-refractivity contribution in [1.29, 1.82) is 0 Å². The van der Waals surface area contributed by atoms with Crippen molar-refractivity contribution in [2.45, 2.75) is 13.3 Å². The summed E-state index contributed by atoms with van der Waals surface area (Å²) in [5.41, 5.74) is 0.556. The molecule has 0 bridgehead atoms. The predicted octanol–water partition coefficient (Wildman–Crippen LogP) is 1.31. The van der Waals surface area contributed by atoms with Gasteiger partial charge in [0.25, 0.3) is 0 Å². The summed E-state index contributed by atoms with van der Waals surface area (Å²) in [6.45, 7) is 1.58. The number of benzene rings is 1. The molecule has 1 N–H and O–H groups in total. The number of ether oxygens (including phenoxy) is 1. The Morgan fingerprint density at radius 2 is 1.88 bits per heavy atom. The minimum absolute atomic E-state index is 0.107. The zero-order valence-corrected chi connectivity index (χ0v) is 9.84. The Labute approximate surface area is 99.6 Å². The van der Waals surface area contributed by atoms with Gasteiger partial charge in [0.1, 0.15) is 12.3 Å². The van der Waals surface area contributed by atoms with Crippen LogP contribution in [0.2, 0.25) is 0 Å². The quantitative estimate of drug-likeness (QED) is 0.802. The summed E-state index contributed by atoms with van der Waals surface area (Å²) in [6.07, 6.45) is 0.290. The fraction of sp³-hybridized carbons (Fsp3) is 0.333. The van der Waals surface area contributed by atoms with E-state index in [0.717, 1.165) is 0 Å². The van der Waals surface area contributed by atoms with Crippen LogP contribution >= 0.6 is 0 Å². The molecule has 0 radical (unpaired) electrons. The third-order valence-electron chi connectivity index (χ3n) is 2.28. The van der Waals surface area contributed by atoms with Gasteiger partial charge in [-0.3, -0.25) is 9.59 Å². The molecule has 0 saturated heterocycles. The van der Waals surface area contributed by atoms with Crippen LogP contribution in [0.3, 0.4) is 0 Å². The normalized spacial score (nSPS) is 9.76. The first-order chi connectivity index (χ1) is 8.08. The molecular formula is C12H15NO4. The van der Waals surface area contributed by atoms with E-state index in [0.29, 0.717) is 5.69 Å². The summed E-state index contributed by atoms with van der Waals surface area (Å²) in [7, 11) is 1.27. The number of carbonyl (C=O) groups excluding carboxylic acids is 2. The molecule has 0 fully saturated rings. The fourth-order valence-corrected chi connectivity index (χ4v) is 1.34. The molecule has 0 aromatic heterocycles. The molecule has 1 aromatic carbocycles. The van der Waals surface area contributed by atoms with E-state index < -0.39 is 5.97 Å². The maximum absolute atomic E-state index is 11.7. The molecule has 0 aliphatic rings. The largest absolute Gasteiger partial charge is 0.508 e. The summed E-state index contributed by atoms with van der Waals surface area (Å²) < 4.78 is 4.54. The number of anilines is 1. The Kier molecular flexibility index (Phi) is 4.51. The second-order valence-corrected chi connectivity index (χ2v) is 3.43. The highest BCUT2D eigenvalue weighted by molar-refractivity contribution is 5.97. The molecule has 1 amide bonds. The number of carbonyl (C=O) groups is 2. The number of phenols is 1. The Bertz CT molecular complexity index is 399. The first-order valence-corrected chi connectivity index (χ1v) is 5.24. The Hall–Kier alpha value is -2.04. The summed E-state index contributed by atoms with van der Waals surface area (Å²) >= 11 is 0. The summed E-state index contributed by atoms with van der Waals surface area (Å²) in [6, 6.07) is 6.07. The van der Waals surface area contributed by atoms with Gasteiger partial charge in [0.15, 0.2) is 0 Å². The van der Waals surface area contributed by atoms with Crippen molar-refractivity contribution < 1.29 is 19.4 Å². The monoisotopic (exact) mass is 237 g/mol. The van der Waals surface area contributed by atoms with E-state index in [2.05, 4.69) is 4.74 Å². The van der Waals surface area contributed by atoms with Gasteiger partial charge in [-0.15, -0.1) is 0 Å². The van der Waals surface area contributed by atoms with Gasteiger partial charge in [0.05, 0.1) is 7.11 Å². The average Bonchev–Trinajstić information content (AvgIpc) is 2.36. The van der Waals surface area contributed by atoms with Gasteiger partial charge in [-0.2, -0.15) is 0 Å². The van der Waals surface area contributed by atoms with Crippen LogP contribution in [0, 0.1) is 0 Å². The van der Waals surface area contributed by atoms with Crippen LogP contribution in [0.4, 0.5) is 5.69 Å². The summed E-state index contributed by atoms with van der Waals surface area (Å²) in [4.78, 5) is 24.2. The minimum Gasteiger partial charge on any atom is -0.508 e. The third-order valence-corrected chi connectivity index (χ3v) is 2.28. The molecule has 0 atom stereocenters. The highest BCUT2D eigenvalue weighted by Gasteiger charge is 2.17. The molecule has 92 valence electrons. The van der Waals surface area contributed by atoms with Crippen LogP contribution in [0.5, 0.6) is 5.75 Å². The van der Waals surface area contributed by atoms with Gasteiger partial charge in [-0.1, -0.05) is 6.92 Å². The molecule has 1 aromatic rings. The summed E-state index contributed by atoms with van der Waals surface area (Å²) in [5, 5.41) is 9.17. The number of amides is 1. The Balaban J connectivity index is 2.93. The van der Waals surface area contributed by atoms with Crippen LogP contribution in [-0.2, 0) is 14.3 Å². The Morgan fingerprint density at radius 1 is 1.29 bits per heavy atom. The van der Waals surface area contributed by atoms with E-state index in [1.807, 2.05) is 0 Å². The van der Waals surface area contributed by atoms with Gasteiger partial charge in [-0.25, -0.2) is 0 Å². The second-order valence-electron chi connectivity index (χ2n) is 3.43. The number of methoxy groups -OCH3 is 1. The maximum atomic E-state index is 11.7. The van der Waals surface area contributed by atoms with E-state index >= 15 is 0 Å². The molecule has 1 rings (SSSR count). The molecule has 0 aliphatic heterocycles. The zero-order valence-electron chi connectivity index (χ0n) is 9.84. The van der Waals surface area contributed by atoms with Crippen molar-refractivity contribution in [3.05, 3.63) is 24.3 Å². The standard InChI is InChI=1S/C12H15NO4/c1-3-11(15)13(8-12(16)17-2)9-4-6-10(14)7-5-9/h4-7,14H,3,8H2,1-2H3. The maximum Gasteiger partial charge on any atom is 0.325 e. The van der Waals surface area contributed by atoms with Crippen LogP contribution in [0.1, 0.15) is 13.3 Å². The van der Waals surface area contributed by atoms with E-state index in [9.17, 15) is 9.59 Å². The van der Waals surface area contributed by atoms with E-state index in [1.165, 1.54) is 24.1 Å². The van der Waals surface area contributed by atoms with Gasteiger partial charge < -0.3 is 14.7 Å². The van der Waals surface area contributed by atoms with E-state index in [-0.39, 0.29) is 24.6 Å².